The number of benzene rings is 3. The fraction of sp³-hybridized carbons (Fsp3) is 0.143. The first-order valence-electron chi connectivity index (χ1n) is 9.93. The largest absolute Gasteiger partial charge is 0.573 e. The molecular formula is C21H16F6N2O7S2. The van der Waals surface area contributed by atoms with Crippen LogP contribution >= 0.6 is 0 Å². The van der Waals surface area contributed by atoms with Crippen LogP contribution in [0.3, 0.4) is 0 Å². The van der Waals surface area contributed by atoms with Crippen LogP contribution in [0.15, 0.2) is 76.5 Å². The van der Waals surface area contributed by atoms with E-state index in [0.29, 0.717) is 0 Å². The lowest BCUT2D eigenvalue weighted by Crippen LogP contribution is -2.18. The molecule has 0 atom stereocenters. The standard InChI is InChI=1S/C21H16F6N2O7S2/c1-34-18-11-10-17(37(30,31)28-13-2-6-15(7-3-13)35-20(22,23)24)12-19(18)38(32,33)29-14-4-8-16(9-5-14)36-21(25,26)27/h2-12,28-29H,1H3. The Morgan fingerprint density at radius 3 is 1.45 bits per heavy atom. The van der Waals surface area contributed by atoms with Gasteiger partial charge in [0.1, 0.15) is 22.1 Å². The van der Waals surface area contributed by atoms with E-state index in [2.05, 4.69) is 18.9 Å². The Balaban J connectivity index is 1.85. The minimum atomic E-state index is -4.95. The van der Waals surface area contributed by atoms with Crippen LogP contribution in [0.5, 0.6) is 17.2 Å². The highest BCUT2D eigenvalue weighted by Crippen LogP contribution is 2.31. The average Bonchev–Trinajstić information content (AvgIpc) is 2.79. The highest BCUT2D eigenvalue weighted by Gasteiger charge is 2.32. The van der Waals surface area contributed by atoms with Crippen LogP contribution < -0.4 is 23.7 Å². The third-order valence-electron chi connectivity index (χ3n) is 4.42. The van der Waals surface area contributed by atoms with E-state index in [1.165, 1.54) is 0 Å². The van der Waals surface area contributed by atoms with Crippen LogP contribution in [0.2, 0.25) is 0 Å². The zero-order valence-electron chi connectivity index (χ0n) is 18.8. The van der Waals surface area contributed by atoms with E-state index in [-0.39, 0.29) is 17.1 Å². The maximum Gasteiger partial charge on any atom is 0.573 e. The Kier molecular flexibility index (Phi) is 7.92. The van der Waals surface area contributed by atoms with Crippen LogP contribution in [-0.2, 0) is 20.0 Å². The quantitative estimate of drug-likeness (QED) is 0.335. The number of hydrogen-bond donors (Lipinski definition) is 2. The van der Waals surface area contributed by atoms with Gasteiger partial charge in [-0.05, 0) is 66.7 Å². The number of anilines is 2. The molecule has 0 amide bonds. The first-order chi connectivity index (χ1) is 17.5. The van der Waals surface area contributed by atoms with Gasteiger partial charge in [-0.1, -0.05) is 0 Å². The summed E-state index contributed by atoms with van der Waals surface area (Å²) in [6.45, 7) is 0. The van der Waals surface area contributed by atoms with Gasteiger partial charge in [-0.2, -0.15) is 0 Å². The van der Waals surface area contributed by atoms with Crippen molar-refractivity contribution in [1.82, 2.24) is 0 Å². The van der Waals surface area contributed by atoms with Crippen LogP contribution in [0.1, 0.15) is 0 Å². The summed E-state index contributed by atoms with van der Waals surface area (Å²) in [5.74, 6) is -1.46. The van der Waals surface area contributed by atoms with Gasteiger partial charge in [-0.25, -0.2) is 16.8 Å². The number of methoxy groups -OCH3 is 1. The molecule has 3 aromatic carbocycles. The Morgan fingerprint density at radius 2 is 1.05 bits per heavy atom. The van der Waals surface area contributed by atoms with E-state index >= 15 is 0 Å². The highest BCUT2D eigenvalue weighted by molar-refractivity contribution is 7.93. The molecule has 0 aliphatic carbocycles. The number of ether oxygens (including phenoxy) is 3. The molecule has 17 heteroatoms. The zero-order chi connectivity index (χ0) is 28.4. The van der Waals surface area contributed by atoms with E-state index in [0.717, 1.165) is 73.8 Å². The number of alkyl halides is 6. The number of sulfonamides is 2. The van der Waals surface area contributed by atoms with Gasteiger partial charge in [0.05, 0.1) is 12.0 Å². The molecule has 0 saturated carbocycles. The molecule has 0 radical (unpaired) electrons. The summed E-state index contributed by atoms with van der Waals surface area (Å²) in [7, 11) is -7.87. The smallest absolute Gasteiger partial charge is 0.495 e. The molecule has 0 aromatic heterocycles. The van der Waals surface area contributed by atoms with E-state index in [1.807, 2.05) is 0 Å². The van der Waals surface area contributed by atoms with Crippen molar-refractivity contribution in [3.05, 3.63) is 66.7 Å². The molecule has 0 unspecified atom stereocenters. The number of nitrogens with one attached hydrogen (secondary N) is 2. The predicted molar refractivity (Wildman–Crippen MR) is 121 cm³/mol. The third-order valence-corrected chi connectivity index (χ3v) is 7.20. The van der Waals surface area contributed by atoms with Gasteiger partial charge < -0.3 is 14.2 Å². The molecule has 0 saturated heterocycles. The fourth-order valence-corrected chi connectivity index (χ4v) is 5.32. The summed E-state index contributed by atoms with van der Waals surface area (Å²) in [5, 5.41) is 0. The second-order valence-electron chi connectivity index (χ2n) is 7.17. The first-order valence-corrected chi connectivity index (χ1v) is 12.9. The number of hydrogen-bond acceptors (Lipinski definition) is 7. The lowest BCUT2D eigenvalue weighted by molar-refractivity contribution is -0.275. The summed E-state index contributed by atoms with van der Waals surface area (Å²) >= 11 is 0. The molecule has 3 aromatic rings. The number of halogens is 6. The third kappa shape index (κ3) is 7.82. The molecule has 0 heterocycles. The lowest BCUT2D eigenvalue weighted by Gasteiger charge is -2.15. The molecule has 0 aliphatic rings. The molecule has 206 valence electrons. The molecule has 0 fully saturated rings. The Bertz CT molecular complexity index is 1490. The van der Waals surface area contributed by atoms with Crippen LogP contribution in [0.25, 0.3) is 0 Å². The van der Waals surface area contributed by atoms with Gasteiger partial charge in [0, 0.05) is 11.4 Å². The average molecular weight is 586 g/mol. The van der Waals surface area contributed by atoms with Crippen molar-refractivity contribution in [2.45, 2.75) is 22.5 Å². The van der Waals surface area contributed by atoms with Crippen molar-refractivity contribution >= 4 is 31.4 Å². The molecule has 3 rings (SSSR count). The second kappa shape index (κ2) is 10.5. The van der Waals surface area contributed by atoms with Gasteiger partial charge in [0.15, 0.2) is 0 Å². The maximum atomic E-state index is 13.0. The van der Waals surface area contributed by atoms with Crippen LogP contribution in [-0.4, -0.2) is 36.7 Å². The minimum absolute atomic E-state index is 0.154. The number of rotatable bonds is 9. The summed E-state index contributed by atoms with van der Waals surface area (Å²) < 4.78 is 142. The molecule has 9 nitrogen and oxygen atoms in total. The lowest BCUT2D eigenvalue weighted by atomic mass is 10.3. The van der Waals surface area contributed by atoms with Crippen molar-refractivity contribution in [2.75, 3.05) is 16.6 Å². The predicted octanol–water partition coefficient (Wildman–Crippen LogP) is 5.09. The molecular weight excluding hydrogens is 570 g/mol. The molecule has 0 bridgehead atoms. The summed E-state index contributed by atoms with van der Waals surface area (Å²) in [6, 6.07) is 10.2. The molecule has 0 aliphatic heterocycles. The fourth-order valence-electron chi connectivity index (χ4n) is 2.91. The Hall–Kier alpha value is -3.86. The monoisotopic (exact) mass is 586 g/mol. The maximum absolute atomic E-state index is 13.0. The highest BCUT2D eigenvalue weighted by atomic mass is 32.2. The zero-order valence-corrected chi connectivity index (χ0v) is 20.4. The SMILES string of the molecule is COc1ccc(S(=O)(=O)Nc2ccc(OC(F)(F)F)cc2)cc1S(=O)(=O)Nc1ccc(OC(F)(F)F)cc1. The second-order valence-corrected chi connectivity index (χ2v) is 10.5. The van der Waals surface area contributed by atoms with Crippen molar-refractivity contribution in [1.29, 1.82) is 0 Å². The van der Waals surface area contributed by atoms with Gasteiger partial charge in [0.2, 0.25) is 0 Å². The van der Waals surface area contributed by atoms with Crippen molar-refractivity contribution in [3.63, 3.8) is 0 Å². The van der Waals surface area contributed by atoms with E-state index < -0.39 is 54.1 Å². The van der Waals surface area contributed by atoms with Crippen molar-refractivity contribution < 1.29 is 57.4 Å². The Morgan fingerprint density at radius 1 is 0.632 bits per heavy atom. The van der Waals surface area contributed by atoms with Crippen LogP contribution in [0, 0.1) is 0 Å². The van der Waals surface area contributed by atoms with Crippen molar-refractivity contribution in [2.24, 2.45) is 0 Å². The first kappa shape index (κ1) is 28.7. The minimum Gasteiger partial charge on any atom is -0.495 e. The van der Waals surface area contributed by atoms with Crippen LogP contribution in [0.4, 0.5) is 37.7 Å². The van der Waals surface area contributed by atoms with Gasteiger partial charge in [0.25, 0.3) is 20.0 Å². The Labute approximate surface area is 212 Å². The summed E-state index contributed by atoms with van der Waals surface area (Å²) in [6.07, 6.45) is -9.90. The molecule has 0 spiro atoms. The molecule has 2 N–H and O–H groups in total. The normalized spacial score (nSPS) is 12.5. The van der Waals surface area contributed by atoms with Gasteiger partial charge >= 0.3 is 12.7 Å². The van der Waals surface area contributed by atoms with Gasteiger partial charge in [-0.15, -0.1) is 26.3 Å². The van der Waals surface area contributed by atoms with E-state index in [4.69, 9.17) is 4.74 Å². The van der Waals surface area contributed by atoms with E-state index in [1.54, 1.807) is 0 Å². The topological polar surface area (TPSA) is 120 Å². The summed E-state index contributed by atoms with van der Waals surface area (Å²) in [5.41, 5.74) is -0.326. The molecule has 38 heavy (non-hydrogen) atoms. The van der Waals surface area contributed by atoms with E-state index in [9.17, 15) is 43.2 Å². The van der Waals surface area contributed by atoms with Gasteiger partial charge in [-0.3, -0.25) is 9.44 Å². The summed E-state index contributed by atoms with van der Waals surface area (Å²) in [4.78, 5) is -1.18. The van der Waals surface area contributed by atoms with Crippen molar-refractivity contribution in [3.8, 4) is 17.2 Å².